The van der Waals surface area contributed by atoms with E-state index in [9.17, 15) is 4.79 Å². The van der Waals surface area contributed by atoms with Crippen LogP contribution in [0.3, 0.4) is 0 Å². The highest BCUT2D eigenvalue weighted by molar-refractivity contribution is 6.06. The number of ether oxygens (including phenoxy) is 1. The maximum Gasteiger partial charge on any atom is 0.334 e. The Morgan fingerprint density at radius 3 is 1.77 bits per heavy atom. The molecule has 13 heavy (non-hydrogen) atoms. The lowest BCUT2D eigenvalue weighted by atomic mass is 10.7. The van der Waals surface area contributed by atoms with Crippen LogP contribution in [-0.4, -0.2) is 31.1 Å². The van der Waals surface area contributed by atoms with Crippen LogP contribution in [0.15, 0.2) is 25.5 Å². The Hall–Kier alpha value is -0.840. The molecule has 0 rings (SSSR count). The minimum atomic E-state index is -0.477. The van der Waals surface area contributed by atoms with Crippen molar-refractivity contribution in [3.05, 3.63) is 25.5 Å². The van der Waals surface area contributed by atoms with Crippen LogP contribution in [0.1, 0.15) is 0 Å². The van der Waals surface area contributed by atoms with Crippen LogP contribution in [0.4, 0.5) is 0 Å². The predicted octanol–water partition coefficient (Wildman–Crippen LogP) is 1.87. The molecule has 0 aliphatic rings. The second-order valence-electron chi connectivity index (χ2n) is 2.66. The minimum Gasteiger partial charge on any atom is -0.432 e. The number of halogens is 1. The summed E-state index contributed by atoms with van der Waals surface area (Å²) in [6.45, 7) is 6.31. The van der Waals surface area contributed by atoms with E-state index >= 15 is 0 Å². The first kappa shape index (κ1) is 18.0. The third kappa shape index (κ3) is 54.1. The molecule has 0 aromatic heterocycles. The summed E-state index contributed by atoms with van der Waals surface area (Å²) < 4.78 is 4.67. The van der Waals surface area contributed by atoms with Gasteiger partial charge in [0.05, 0.1) is 27.4 Å². The third-order valence-corrected chi connectivity index (χ3v) is 0.366. The third-order valence-electron chi connectivity index (χ3n) is 0.366. The van der Waals surface area contributed by atoms with Crippen molar-refractivity contribution in [1.82, 2.24) is 6.15 Å². The average molecular weight is 210 g/mol. The second kappa shape index (κ2) is 9.25. The highest BCUT2D eigenvalue weighted by Gasteiger charge is 1.95. The molecule has 0 unspecified atom stereocenters. The largest absolute Gasteiger partial charge is 0.432 e. The molecule has 0 radical (unpaired) electrons. The fourth-order valence-corrected chi connectivity index (χ4v) is 0.130. The number of carbonyl (C=O) groups excluding carboxylic acids is 1. The van der Waals surface area contributed by atoms with E-state index in [0.717, 1.165) is 12.3 Å². The molecule has 0 aromatic rings. The van der Waals surface area contributed by atoms with Gasteiger partial charge in [-0.1, -0.05) is 13.2 Å². The van der Waals surface area contributed by atoms with Crippen molar-refractivity contribution in [3.8, 4) is 0 Å². The molecule has 0 bridgehead atoms. The van der Waals surface area contributed by atoms with Gasteiger partial charge in [-0.05, 0) is 0 Å². The van der Waals surface area contributed by atoms with E-state index in [0.29, 0.717) is 4.00 Å². The summed E-state index contributed by atoms with van der Waals surface area (Å²) in [4.78, 5) is 10.0. The summed E-state index contributed by atoms with van der Waals surface area (Å²) >= 11 is 5.47. The number of hydrogen-bond acceptors (Lipinski definition) is 3. The highest BCUT2D eigenvalue weighted by atomic mass is 35.5. The number of rotatable bonds is 2. The molecule has 0 atom stereocenters. The summed E-state index contributed by atoms with van der Waals surface area (Å²) in [5.74, 6) is -0.477. The van der Waals surface area contributed by atoms with E-state index in [4.69, 9.17) is 11.8 Å². The van der Waals surface area contributed by atoms with Gasteiger partial charge in [0.25, 0.3) is 0 Å². The van der Waals surface area contributed by atoms with Crippen LogP contribution < -0.4 is 6.15 Å². The Bertz CT molecular complexity index is 158. The van der Waals surface area contributed by atoms with Gasteiger partial charge in [0.2, 0.25) is 0 Å². The second-order valence-corrected chi connectivity index (χ2v) is 3.67. The van der Waals surface area contributed by atoms with Gasteiger partial charge < -0.3 is 10.9 Å². The van der Waals surface area contributed by atoms with Crippen LogP contribution in [-0.2, 0) is 9.53 Å². The van der Waals surface area contributed by atoms with E-state index in [1.54, 1.807) is 0 Å². The van der Waals surface area contributed by atoms with Gasteiger partial charge in [-0.2, -0.15) is 0 Å². The number of nitrogens with zero attached hydrogens (tertiary/aromatic N) is 1. The van der Waals surface area contributed by atoms with Crippen molar-refractivity contribution in [2.24, 2.45) is 0 Å². The summed E-state index contributed by atoms with van der Waals surface area (Å²) in [6.07, 6.45) is 2.13. The molecule has 0 amide bonds. The molecular formula is C8H18ClN2O2+. The molecule has 0 fully saturated rings. The van der Waals surface area contributed by atoms with Crippen LogP contribution in [0, 0.1) is 0 Å². The first-order valence-electron chi connectivity index (χ1n) is 3.26. The molecule has 0 heterocycles. The Kier molecular flexibility index (Phi) is 12.8. The molecule has 78 valence electrons. The topological polar surface area (TPSA) is 61.3 Å². The molecule has 0 aromatic carbocycles. The van der Waals surface area contributed by atoms with Crippen LogP contribution in [0.25, 0.3) is 0 Å². The standard InChI is InChI=1S/C5H6O2.C3H9ClN.H3N/c1-3-5(6)7-4-2;1-5(2,3)4;/h3-4H,1-2H2;1-3H3;1H3/q;+1;. The molecule has 5 heteroatoms. The zero-order valence-corrected chi connectivity index (χ0v) is 9.17. The minimum absolute atomic E-state index is 0. The van der Waals surface area contributed by atoms with Crippen molar-refractivity contribution in [2.45, 2.75) is 0 Å². The lowest BCUT2D eigenvalue weighted by molar-refractivity contribution is -0.747. The fourth-order valence-electron chi connectivity index (χ4n) is 0.130. The first-order valence-corrected chi connectivity index (χ1v) is 3.60. The van der Waals surface area contributed by atoms with Gasteiger partial charge >= 0.3 is 5.97 Å². The number of quaternary nitrogens is 1. The Labute approximate surface area is 84.7 Å². The normalized spacial score (nSPS) is 8.31. The quantitative estimate of drug-likeness (QED) is 0.327. The molecule has 4 nitrogen and oxygen atoms in total. The van der Waals surface area contributed by atoms with E-state index < -0.39 is 5.97 Å². The maximum absolute atomic E-state index is 10.0. The molecular weight excluding hydrogens is 192 g/mol. The zero-order chi connectivity index (χ0) is 10.2. The van der Waals surface area contributed by atoms with E-state index in [2.05, 4.69) is 17.9 Å². The summed E-state index contributed by atoms with van der Waals surface area (Å²) in [7, 11) is 5.67. The van der Waals surface area contributed by atoms with Gasteiger partial charge in [-0.25, -0.2) is 8.80 Å². The molecule has 0 aliphatic carbocycles. The SMILES string of the molecule is C=COC(=O)C=C.C[N+](C)(C)Cl.N. The zero-order valence-electron chi connectivity index (χ0n) is 8.42. The number of carbonyl (C=O) groups is 1. The summed E-state index contributed by atoms with van der Waals surface area (Å²) in [5.41, 5.74) is 0. The average Bonchev–Trinajstić information content (AvgIpc) is 1.85. The van der Waals surface area contributed by atoms with Gasteiger partial charge in [0.1, 0.15) is 0 Å². The maximum atomic E-state index is 10.0. The van der Waals surface area contributed by atoms with Crippen molar-refractivity contribution >= 4 is 17.7 Å². The molecule has 3 N–H and O–H groups in total. The first-order chi connectivity index (χ1) is 5.31. The van der Waals surface area contributed by atoms with Gasteiger partial charge in [0.15, 0.2) is 11.8 Å². The summed E-state index contributed by atoms with van der Waals surface area (Å²) in [5, 5.41) is 0. The van der Waals surface area contributed by atoms with E-state index in [-0.39, 0.29) is 6.15 Å². The van der Waals surface area contributed by atoms with Gasteiger partial charge in [-0.3, -0.25) is 0 Å². The van der Waals surface area contributed by atoms with Crippen LogP contribution in [0.2, 0.25) is 0 Å². The molecule has 0 aliphatic heterocycles. The number of esters is 1. The van der Waals surface area contributed by atoms with E-state index in [1.165, 1.54) is 0 Å². The van der Waals surface area contributed by atoms with Gasteiger partial charge in [0, 0.05) is 6.08 Å². The van der Waals surface area contributed by atoms with E-state index in [1.807, 2.05) is 21.1 Å². The highest BCUT2D eigenvalue weighted by Crippen LogP contribution is 1.91. The fraction of sp³-hybridized carbons (Fsp3) is 0.375. The molecule has 0 saturated carbocycles. The van der Waals surface area contributed by atoms with Crippen LogP contribution in [0.5, 0.6) is 0 Å². The molecule has 0 saturated heterocycles. The smallest absolute Gasteiger partial charge is 0.334 e. The number of hydrogen-bond donors (Lipinski definition) is 1. The Balaban J connectivity index is -0.000000150. The van der Waals surface area contributed by atoms with Crippen molar-refractivity contribution < 1.29 is 13.5 Å². The lowest BCUT2D eigenvalue weighted by Gasteiger charge is -2.07. The monoisotopic (exact) mass is 209 g/mol. The summed E-state index contributed by atoms with van der Waals surface area (Å²) in [6, 6.07) is 0. The lowest BCUT2D eigenvalue weighted by Crippen LogP contribution is -2.19. The Morgan fingerprint density at radius 2 is 1.69 bits per heavy atom. The predicted molar refractivity (Wildman–Crippen MR) is 55.4 cm³/mol. The Morgan fingerprint density at radius 1 is 1.38 bits per heavy atom. The van der Waals surface area contributed by atoms with Gasteiger partial charge in [-0.15, -0.1) is 0 Å². The van der Waals surface area contributed by atoms with Crippen molar-refractivity contribution in [3.63, 3.8) is 0 Å². The van der Waals surface area contributed by atoms with Crippen molar-refractivity contribution in [1.29, 1.82) is 0 Å². The van der Waals surface area contributed by atoms with Crippen LogP contribution >= 0.6 is 11.8 Å². The molecule has 0 spiro atoms. The van der Waals surface area contributed by atoms with Crippen molar-refractivity contribution in [2.75, 3.05) is 21.1 Å².